The van der Waals surface area contributed by atoms with E-state index in [9.17, 15) is 14.0 Å². The van der Waals surface area contributed by atoms with Gasteiger partial charge in [0.15, 0.2) is 0 Å². The smallest absolute Gasteiger partial charge is 0.385 e. The van der Waals surface area contributed by atoms with Crippen LogP contribution in [-0.2, 0) is 9.47 Å². The topological polar surface area (TPSA) is 85.4 Å². The predicted molar refractivity (Wildman–Crippen MR) is 68.2 cm³/mol. The van der Waals surface area contributed by atoms with Crippen molar-refractivity contribution in [1.29, 1.82) is 0 Å². The van der Waals surface area contributed by atoms with E-state index < -0.39 is 23.4 Å². The molecule has 0 aromatic carbocycles. The molecule has 0 aliphatic carbocycles. The number of carbonyl (C=O) groups excluding carboxylic acids is 2. The van der Waals surface area contributed by atoms with Crippen LogP contribution in [0.1, 0.15) is 41.7 Å². The molecule has 112 valence electrons. The van der Waals surface area contributed by atoms with Crippen LogP contribution >= 0.6 is 0 Å². The minimum Gasteiger partial charge on any atom is -0.463 e. The van der Waals surface area contributed by atoms with Crippen molar-refractivity contribution in [1.82, 2.24) is 10.1 Å². The third kappa shape index (κ3) is 2.99. The highest BCUT2D eigenvalue weighted by Crippen LogP contribution is 2.12. The van der Waals surface area contributed by atoms with Crippen molar-refractivity contribution < 1.29 is 28.0 Å². The Morgan fingerprint density at radius 1 is 1.33 bits per heavy atom. The van der Waals surface area contributed by atoms with Crippen LogP contribution in [0.2, 0.25) is 0 Å². The molecule has 2 heterocycles. The van der Waals surface area contributed by atoms with Gasteiger partial charge in [-0.2, -0.15) is 4.39 Å². The number of carbonyl (C=O) groups is 2. The minimum absolute atomic E-state index is 0.0563. The summed E-state index contributed by atoms with van der Waals surface area (Å²) in [7, 11) is 1.17. The normalized spacial score (nSPS) is 11.5. The van der Waals surface area contributed by atoms with E-state index in [0.29, 0.717) is 0 Å². The maximum absolute atomic E-state index is 13.7. The van der Waals surface area contributed by atoms with Crippen LogP contribution in [0.4, 0.5) is 4.39 Å². The van der Waals surface area contributed by atoms with Gasteiger partial charge in [-0.15, -0.1) is 4.52 Å². The number of fused-ring (bicyclic) bond motifs is 1. The fraction of sp³-hybridized carbons (Fsp3) is 0.385. The molecule has 0 saturated heterocycles. The molecule has 0 atom stereocenters. The van der Waals surface area contributed by atoms with Crippen LogP contribution in [0.15, 0.2) is 12.3 Å². The number of esters is 2. The van der Waals surface area contributed by atoms with Gasteiger partial charge in [0.05, 0.1) is 19.4 Å². The second-order valence-corrected chi connectivity index (χ2v) is 5.30. The number of hydrogen-bond donors (Lipinski definition) is 1. The molecule has 0 aliphatic heterocycles. The molecule has 0 radical (unpaired) electrons. The zero-order valence-corrected chi connectivity index (χ0v) is 12.1. The van der Waals surface area contributed by atoms with Crippen molar-refractivity contribution in [3.63, 3.8) is 0 Å². The maximum Gasteiger partial charge on any atom is 0.385 e. The first-order chi connectivity index (χ1) is 9.73. The number of H-pyrrole nitrogens is 1. The Morgan fingerprint density at radius 2 is 2.00 bits per heavy atom. The van der Waals surface area contributed by atoms with Crippen molar-refractivity contribution in [3.8, 4) is 0 Å². The largest absolute Gasteiger partial charge is 0.463 e. The average molecular weight is 296 g/mol. The molecule has 2 aromatic rings. The van der Waals surface area contributed by atoms with E-state index in [2.05, 4.69) is 14.8 Å². The van der Waals surface area contributed by atoms with Gasteiger partial charge in [-0.25, -0.2) is 14.7 Å². The quantitative estimate of drug-likeness (QED) is 0.661. The Balaban J connectivity index is 2.60. The molecule has 0 bridgehead atoms. The van der Waals surface area contributed by atoms with E-state index in [1.807, 2.05) is 0 Å². The molecule has 0 unspecified atom stereocenters. The van der Waals surface area contributed by atoms with E-state index in [-0.39, 0.29) is 17.0 Å². The number of ether oxygens (including phenoxy) is 2. The molecule has 0 spiro atoms. The van der Waals surface area contributed by atoms with E-state index in [4.69, 9.17) is 4.74 Å². The summed E-state index contributed by atoms with van der Waals surface area (Å²) in [5.41, 5.74) is -1.17. The summed E-state index contributed by atoms with van der Waals surface area (Å²) in [5, 5.41) is 2.53. The van der Waals surface area contributed by atoms with Crippen molar-refractivity contribution in [3.05, 3.63) is 29.5 Å². The van der Waals surface area contributed by atoms with Crippen LogP contribution in [0.3, 0.4) is 0 Å². The van der Waals surface area contributed by atoms with Gasteiger partial charge in [0.25, 0.3) is 5.69 Å². The molecule has 21 heavy (non-hydrogen) atoms. The zero-order chi connectivity index (χ0) is 15.8. The number of halogens is 1. The van der Waals surface area contributed by atoms with E-state index in [1.165, 1.54) is 13.2 Å². The van der Waals surface area contributed by atoms with Crippen molar-refractivity contribution >= 4 is 17.6 Å². The Bertz CT molecular complexity index is 718. The summed E-state index contributed by atoms with van der Waals surface area (Å²) in [6, 6.07) is 1.18. The molecular weight excluding hydrogens is 281 g/mol. The molecule has 0 amide bonds. The van der Waals surface area contributed by atoms with Gasteiger partial charge in [0.2, 0.25) is 11.5 Å². The highest BCUT2D eigenvalue weighted by atomic mass is 19.1. The Labute approximate surface area is 119 Å². The third-order valence-electron chi connectivity index (χ3n) is 2.49. The van der Waals surface area contributed by atoms with Gasteiger partial charge in [-0.3, -0.25) is 0 Å². The molecule has 2 aromatic heterocycles. The molecule has 0 saturated carbocycles. The average Bonchev–Trinajstić information content (AvgIpc) is 2.76. The monoisotopic (exact) mass is 296 g/mol. The Kier molecular flexibility index (Phi) is 3.63. The molecular formula is C13H15FN3O4+. The van der Waals surface area contributed by atoms with Gasteiger partial charge in [-0.1, -0.05) is 0 Å². The number of hydrogen-bond acceptors (Lipinski definition) is 5. The van der Waals surface area contributed by atoms with Crippen LogP contribution in [0.5, 0.6) is 0 Å². The molecule has 0 fully saturated rings. The Hall–Kier alpha value is -2.51. The first-order valence-corrected chi connectivity index (χ1v) is 6.14. The fourth-order valence-electron chi connectivity index (χ4n) is 1.67. The zero-order valence-electron chi connectivity index (χ0n) is 12.1. The number of methoxy groups -OCH3 is 1. The van der Waals surface area contributed by atoms with E-state index >= 15 is 0 Å². The second kappa shape index (κ2) is 5.12. The van der Waals surface area contributed by atoms with Crippen LogP contribution < -0.4 is 4.52 Å². The molecule has 2 rings (SSSR count). The molecule has 0 aliphatic rings. The lowest BCUT2D eigenvalue weighted by atomic mass is 10.2. The van der Waals surface area contributed by atoms with Gasteiger partial charge in [0, 0.05) is 0 Å². The number of nitrogens with one attached hydrogen (secondary N) is 1. The van der Waals surface area contributed by atoms with Crippen molar-refractivity contribution in [2.75, 3.05) is 7.11 Å². The molecule has 8 heteroatoms. The second-order valence-electron chi connectivity index (χ2n) is 5.30. The maximum atomic E-state index is 13.7. The lowest BCUT2D eigenvalue weighted by Crippen LogP contribution is -2.37. The summed E-state index contributed by atoms with van der Waals surface area (Å²) in [6.45, 7) is 5.10. The van der Waals surface area contributed by atoms with Crippen molar-refractivity contribution in [2.24, 2.45) is 0 Å². The standard InChI is InChI=1S/C13H14FN3O4/c1-13(2,3)21-12(19)9-5-8(11(18)20-4)16-10-7(14)6-15-17(9)10/h5-6H,1-4H3/p+1. The number of aromatic amines is 1. The van der Waals surface area contributed by atoms with Crippen molar-refractivity contribution in [2.45, 2.75) is 26.4 Å². The summed E-state index contributed by atoms with van der Waals surface area (Å²) in [6.07, 6.45) is 1.03. The summed E-state index contributed by atoms with van der Waals surface area (Å²) < 4.78 is 24.5. The van der Waals surface area contributed by atoms with Gasteiger partial charge in [-0.05, 0) is 25.8 Å². The van der Waals surface area contributed by atoms with E-state index in [0.717, 1.165) is 10.7 Å². The van der Waals surface area contributed by atoms with Crippen LogP contribution in [0.25, 0.3) is 5.65 Å². The lowest BCUT2D eigenvalue weighted by molar-refractivity contribution is -0.582. The highest BCUT2D eigenvalue weighted by molar-refractivity contribution is 5.92. The summed E-state index contributed by atoms with van der Waals surface area (Å²) in [4.78, 5) is 27.6. The van der Waals surface area contributed by atoms with Gasteiger partial charge in [0.1, 0.15) is 5.60 Å². The fourth-order valence-corrected chi connectivity index (χ4v) is 1.67. The minimum atomic E-state index is -0.775. The predicted octanol–water partition coefficient (Wildman–Crippen LogP) is 1.03. The molecule has 1 N–H and O–H groups in total. The van der Waals surface area contributed by atoms with Gasteiger partial charge >= 0.3 is 17.6 Å². The van der Waals surface area contributed by atoms with E-state index in [1.54, 1.807) is 20.8 Å². The SMILES string of the molecule is COC(=O)c1cc(C(=O)OC(C)(C)C)[n+]2[nH]cc(F)c2n1. The first-order valence-electron chi connectivity index (χ1n) is 6.14. The summed E-state index contributed by atoms with van der Waals surface area (Å²) >= 11 is 0. The van der Waals surface area contributed by atoms with Gasteiger partial charge < -0.3 is 9.47 Å². The van der Waals surface area contributed by atoms with Crippen LogP contribution in [-0.4, -0.2) is 34.7 Å². The number of aromatic nitrogens is 3. The first kappa shape index (κ1) is 14.9. The third-order valence-corrected chi connectivity index (χ3v) is 2.49. The molecule has 7 nitrogen and oxygen atoms in total. The highest BCUT2D eigenvalue weighted by Gasteiger charge is 2.30. The Morgan fingerprint density at radius 3 is 2.57 bits per heavy atom. The summed E-state index contributed by atoms with van der Waals surface area (Å²) in [5.74, 6) is -2.19. The lowest BCUT2D eigenvalue weighted by Gasteiger charge is -2.18. The van der Waals surface area contributed by atoms with Crippen LogP contribution in [0, 0.1) is 5.82 Å². The number of rotatable bonds is 2. The number of nitrogens with zero attached hydrogens (tertiary/aromatic N) is 2.